The molecule has 4 nitrogen and oxygen atoms in total. The normalized spacial score (nSPS) is 3.77. The second-order valence-corrected chi connectivity index (χ2v) is 0.729. The third kappa shape index (κ3) is 71.7. The Morgan fingerprint density at radius 1 is 1.08 bits per heavy atom. The Hall–Kier alpha value is 2.85. The van der Waals surface area contributed by atoms with Crippen molar-refractivity contribution in [1.82, 2.24) is 5.48 Å². The van der Waals surface area contributed by atoms with Crippen molar-refractivity contribution in [3.05, 3.63) is 0 Å². The monoisotopic (exact) mass is 445 g/mol. The molecule has 0 saturated carbocycles. The van der Waals surface area contributed by atoms with Gasteiger partial charge in [0.05, 0.1) is 0 Å². The standard InChI is InChI=1S/C2H5NO3.Al.4ClH.2Zr.3H/c4-2(5)1-3-6;;;;;;;;;;/h3,6H,1H2,(H,4,5);;4*1H;;;;;. The van der Waals surface area contributed by atoms with Crippen LogP contribution in [0.5, 0.6) is 0 Å². The van der Waals surface area contributed by atoms with Crippen LogP contribution < -0.4 is 5.48 Å². The van der Waals surface area contributed by atoms with E-state index in [-0.39, 0.29) is 119 Å². The van der Waals surface area contributed by atoms with E-state index in [0.29, 0.717) is 0 Å². The minimum Gasteiger partial charge on any atom is -0.480 e. The minimum absolute atomic E-state index is 0. The molecule has 0 amide bonds. The largest absolute Gasteiger partial charge is 0.480 e. The number of carboxylic acid groups (broad SMARTS) is 1. The number of halogens is 4. The molecule has 13 heavy (non-hydrogen) atoms. The first-order valence-corrected chi connectivity index (χ1v) is 1.36. The van der Waals surface area contributed by atoms with Gasteiger partial charge in [-0.1, -0.05) is 0 Å². The average Bonchev–Trinajstić information content (AvgIpc) is 1.35. The Labute approximate surface area is 150 Å². The van der Waals surface area contributed by atoms with Gasteiger partial charge >= 0.3 is 5.97 Å². The van der Waals surface area contributed by atoms with Gasteiger partial charge in [0.15, 0.2) is 17.4 Å². The summed E-state index contributed by atoms with van der Waals surface area (Å²) >= 11 is 0. The molecule has 0 aliphatic carbocycles. The van der Waals surface area contributed by atoms with E-state index in [1.54, 1.807) is 0 Å². The van der Waals surface area contributed by atoms with Crippen LogP contribution in [0.1, 0.15) is 0 Å². The fourth-order valence-electron chi connectivity index (χ4n) is 0.0676. The Balaban J connectivity index is -0.00000000595. The third-order valence-corrected chi connectivity index (χ3v) is 0.230. The molecule has 0 saturated heterocycles. The molecule has 0 aromatic carbocycles. The molecule has 3 N–H and O–H groups in total. The first-order valence-electron chi connectivity index (χ1n) is 1.36. The first-order chi connectivity index (χ1) is 2.77. The number of rotatable bonds is 2. The van der Waals surface area contributed by atoms with Gasteiger partial charge in [-0.2, -0.15) is 5.48 Å². The zero-order valence-corrected chi connectivity index (χ0v) is 13.8. The topological polar surface area (TPSA) is 69.6 Å². The predicted molar refractivity (Wildman–Crippen MR) is 56.4 cm³/mol. The molecule has 0 heterocycles. The number of hydrogen-bond donors (Lipinski definition) is 3. The van der Waals surface area contributed by atoms with Gasteiger partial charge in [-0.15, -0.1) is 49.6 Å². The Bertz CT molecular complexity index is 75.4. The number of hydroxylamine groups is 1. The summed E-state index contributed by atoms with van der Waals surface area (Å²) in [5.74, 6) is -1.07. The molecule has 0 rings (SSSR count). The van der Waals surface area contributed by atoms with Crippen molar-refractivity contribution in [2.75, 3.05) is 6.54 Å². The molecule has 0 aromatic rings. The number of carboxylic acids is 1. The van der Waals surface area contributed by atoms with Crippen molar-refractivity contribution in [2.24, 2.45) is 0 Å². The summed E-state index contributed by atoms with van der Waals surface area (Å²) in [5, 5.41) is 15.3. The van der Waals surface area contributed by atoms with Crippen LogP contribution in [0.4, 0.5) is 0 Å². The maximum Gasteiger partial charge on any atom is 0.319 e. The van der Waals surface area contributed by atoms with Gasteiger partial charge in [0.1, 0.15) is 6.54 Å². The maximum atomic E-state index is 9.38. The third-order valence-electron chi connectivity index (χ3n) is 0.230. The summed E-state index contributed by atoms with van der Waals surface area (Å²) < 4.78 is 0. The fraction of sp³-hybridized carbons (Fsp3) is 0.500. The van der Waals surface area contributed by atoms with Gasteiger partial charge in [0, 0.05) is 52.4 Å². The van der Waals surface area contributed by atoms with E-state index in [0.717, 1.165) is 0 Å². The molecular weight excluding hydrogens is 437 g/mol. The molecule has 0 radical (unpaired) electrons. The van der Waals surface area contributed by atoms with E-state index in [1.165, 1.54) is 5.48 Å². The zero-order chi connectivity index (χ0) is 4.99. The molecule has 0 aliphatic heterocycles. The SMILES string of the molecule is Cl.Cl.Cl.Cl.O=C(O)CNO.[AlH3].[Zr].[Zr]. The number of hydrogen-bond acceptors (Lipinski definition) is 3. The van der Waals surface area contributed by atoms with Crippen molar-refractivity contribution in [1.29, 1.82) is 0 Å². The average molecular weight is 449 g/mol. The van der Waals surface area contributed by atoms with Gasteiger partial charge in [-0.05, 0) is 0 Å². The zero-order valence-electron chi connectivity index (χ0n) is 5.64. The van der Waals surface area contributed by atoms with Crippen LogP contribution in [-0.2, 0) is 57.2 Å². The van der Waals surface area contributed by atoms with Gasteiger partial charge in [-0.25, -0.2) is 0 Å². The van der Waals surface area contributed by atoms with Crippen molar-refractivity contribution in [3.8, 4) is 0 Å². The van der Waals surface area contributed by atoms with Gasteiger partial charge in [-0.3, -0.25) is 4.79 Å². The molecule has 0 bridgehead atoms. The summed E-state index contributed by atoms with van der Waals surface area (Å²) in [6.45, 7) is -0.403. The molecule has 82 valence electrons. The van der Waals surface area contributed by atoms with Crippen molar-refractivity contribution >= 4 is 73.0 Å². The summed E-state index contributed by atoms with van der Waals surface area (Å²) in [7, 11) is 0. The van der Waals surface area contributed by atoms with E-state index in [4.69, 9.17) is 10.3 Å². The van der Waals surface area contributed by atoms with E-state index in [9.17, 15) is 4.79 Å². The van der Waals surface area contributed by atoms with Gasteiger partial charge < -0.3 is 10.3 Å². The van der Waals surface area contributed by atoms with Crippen LogP contribution in [0, 0.1) is 0 Å². The van der Waals surface area contributed by atoms with Crippen molar-refractivity contribution in [3.63, 3.8) is 0 Å². The maximum absolute atomic E-state index is 9.38. The molecule has 0 unspecified atom stereocenters. The number of aliphatic carboxylic acids is 1. The smallest absolute Gasteiger partial charge is 0.319 e. The number of nitrogens with one attached hydrogen (secondary N) is 1. The molecule has 0 fully saturated rings. The Kier molecular flexibility index (Phi) is 202. The van der Waals surface area contributed by atoms with Crippen LogP contribution in [0.25, 0.3) is 0 Å². The van der Waals surface area contributed by atoms with Crippen LogP contribution >= 0.6 is 49.6 Å². The summed E-state index contributed by atoms with van der Waals surface area (Å²) in [6, 6.07) is 0. The van der Waals surface area contributed by atoms with Crippen LogP contribution in [0.2, 0.25) is 0 Å². The Morgan fingerprint density at radius 3 is 1.31 bits per heavy atom. The molecule has 0 aromatic heterocycles. The second kappa shape index (κ2) is 46.2. The minimum atomic E-state index is -1.07. The van der Waals surface area contributed by atoms with Gasteiger partial charge in [0.25, 0.3) is 0 Å². The van der Waals surface area contributed by atoms with Gasteiger partial charge in [0.2, 0.25) is 0 Å². The molecule has 0 aliphatic rings. The second-order valence-electron chi connectivity index (χ2n) is 0.729. The van der Waals surface area contributed by atoms with E-state index in [1.807, 2.05) is 0 Å². The summed E-state index contributed by atoms with van der Waals surface area (Å²) in [4.78, 5) is 9.38. The van der Waals surface area contributed by atoms with Crippen molar-refractivity contribution in [2.45, 2.75) is 0 Å². The predicted octanol–water partition coefficient (Wildman–Crippen LogP) is -0.452. The van der Waals surface area contributed by atoms with Crippen molar-refractivity contribution < 1.29 is 67.5 Å². The van der Waals surface area contributed by atoms with E-state index >= 15 is 0 Å². The molecule has 0 atom stereocenters. The molecule has 11 heteroatoms. The summed E-state index contributed by atoms with van der Waals surface area (Å²) in [5.41, 5.74) is 1.47. The van der Waals surface area contributed by atoms with E-state index in [2.05, 4.69) is 0 Å². The quantitative estimate of drug-likeness (QED) is 0.395. The molecular formula is C2H12AlCl4NO3Zr2. The molecule has 0 spiro atoms. The van der Waals surface area contributed by atoms with Crippen LogP contribution in [-0.4, -0.2) is 40.2 Å². The fourth-order valence-corrected chi connectivity index (χ4v) is 0.0676. The first kappa shape index (κ1) is 56.7. The van der Waals surface area contributed by atoms with Crippen LogP contribution in [0.15, 0.2) is 0 Å². The Morgan fingerprint density at radius 2 is 1.31 bits per heavy atom. The summed E-state index contributed by atoms with van der Waals surface area (Å²) in [6.07, 6.45) is 0. The van der Waals surface area contributed by atoms with E-state index < -0.39 is 12.5 Å². The number of carbonyl (C=O) groups is 1. The van der Waals surface area contributed by atoms with Crippen LogP contribution in [0.3, 0.4) is 0 Å².